The van der Waals surface area contributed by atoms with Crippen molar-refractivity contribution in [2.45, 2.75) is 26.9 Å². The minimum Gasteiger partial charge on any atom is -0.379 e. The molecule has 0 heterocycles. The lowest BCUT2D eigenvalue weighted by molar-refractivity contribution is -0.0209. The topological polar surface area (TPSA) is 55.4 Å². The van der Waals surface area contributed by atoms with E-state index in [-0.39, 0.29) is 6.10 Å². The fraction of sp³-hybridized carbons (Fsp3) is 1.00. The molecule has 6 nitrogen and oxygen atoms in total. The first-order valence-corrected chi connectivity index (χ1v) is 7.77. The lowest BCUT2D eigenvalue weighted by atomic mass is 10.5. The van der Waals surface area contributed by atoms with Crippen molar-refractivity contribution in [2.75, 3.05) is 72.7 Å². The van der Waals surface area contributed by atoms with Gasteiger partial charge in [-0.1, -0.05) is 0 Å². The standard InChI is InChI=1S/C15H32O6/c1-4-16-5-6-17-7-8-18-9-10-19-11-12-20-13-14-21-15(2)3/h15H,4-14H2,1-3H3. The van der Waals surface area contributed by atoms with Gasteiger partial charge in [0.1, 0.15) is 0 Å². The average molecular weight is 308 g/mol. The Hall–Kier alpha value is -0.240. The van der Waals surface area contributed by atoms with E-state index < -0.39 is 0 Å². The molecule has 0 atom stereocenters. The smallest absolute Gasteiger partial charge is 0.0703 e. The fourth-order valence-corrected chi connectivity index (χ4v) is 1.37. The Morgan fingerprint density at radius 1 is 0.524 bits per heavy atom. The third-order valence-electron chi connectivity index (χ3n) is 2.37. The van der Waals surface area contributed by atoms with E-state index in [2.05, 4.69) is 0 Å². The molecule has 0 aromatic carbocycles. The Bertz CT molecular complexity index is 189. The molecule has 0 rings (SSSR count). The molecule has 0 aromatic rings. The number of hydrogen-bond acceptors (Lipinski definition) is 6. The predicted molar refractivity (Wildman–Crippen MR) is 80.9 cm³/mol. The maximum Gasteiger partial charge on any atom is 0.0703 e. The first-order chi connectivity index (χ1) is 10.3. The van der Waals surface area contributed by atoms with Crippen LogP contribution in [0.3, 0.4) is 0 Å². The third kappa shape index (κ3) is 19.8. The SMILES string of the molecule is CCOCCOCCOCCOCCOCCOC(C)C. The second kappa shape index (κ2) is 17.8. The Kier molecular flexibility index (Phi) is 17.6. The minimum absolute atomic E-state index is 0.255. The Labute approximate surface area is 129 Å². The van der Waals surface area contributed by atoms with E-state index in [4.69, 9.17) is 28.4 Å². The van der Waals surface area contributed by atoms with Crippen molar-refractivity contribution in [3.8, 4) is 0 Å². The van der Waals surface area contributed by atoms with Crippen LogP contribution in [0.25, 0.3) is 0 Å². The molecule has 0 aromatic heterocycles. The molecule has 0 saturated heterocycles. The van der Waals surface area contributed by atoms with E-state index in [0.29, 0.717) is 66.1 Å². The second-order valence-electron chi connectivity index (χ2n) is 4.57. The normalized spacial score (nSPS) is 11.4. The molecule has 0 radical (unpaired) electrons. The number of ether oxygens (including phenoxy) is 6. The van der Waals surface area contributed by atoms with Crippen molar-refractivity contribution in [1.29, 1.82) is 0 Å². The van der Waals surface area contributed by atoms with Gasteiger partial charge < -0.3 is 28.4 Å². The van der Waals surface area contributed by atoms with E-state index in [9.17, 15) is 0 Å². The summed E-state index contributed by atoms with van der Waals surface area (Å²) < 4.78 is 31.9. The van der Waals surface area contributed by atoms with E-state index in [1.54, 1.807) is 0 Å². The van der Waals surface area contributed by atoms with Crippen molar-refractivity contribution in [3.63, 3.8) is 0 Å². The van der Waals surface area contributed by atoms with Gasteiger partial charge in [-0.3, -0.25) is 0 Å². The first-order valence-electron chi connectivity index (χ1n) is 7.77. The zero-order valence-corrected chi connectivity index (χ0v) is 13.8. The lowest BCUT2D eigenvalue weighted by Crippen LogP contribution is -2.14. The van der Waals surface area contributed by atoms with E-state index in [0.717, 1.165) is 6.61 Å². The average Bonchev–Trinajstić information content (AvgIpc) is 2.46. The molecule has 0 aliphatic rings. The van der Waals surface area contributed by atoms with Gasteiger partial charge in [0.15, 0.2) is 0 Å². The molecule has 0 spiro atoms. The molecule has 0 fully saturated rings. The fourth-order valence-electron chi connectivity index (χ4n) is 1.37. The number of rotatable bonds is 17. The Balaban J connectivity index is 2.93. The monoisotopic (exact) mass is 308 g/mol. The van der Waals surface area contributed by atoms with E-state index in [1.165, 1.54) is 0 Å². The lowest BCUT2D eigenvalue weighted by Gasteiger charge is -2.09. The highest BCUT2D eigenvalue weighted by atomic mass is 16.6. The van der Waals surface area contributed by atoms with Gasteiger partial charge in [-0.05, 0) is 20.8 Å². The van der Waals surface area contributed by atoms with Crippen LogP contribution in [0.5, 0.6) is 0 Å². The van der Waals surface area contributed by atoms with Crippen LogP contribution >= 0.6 is 0 Å². The zero-order chi connectivity index (χ0) is 15.6. The first kappa shape index (κ1) is 20.8. The van der Waals surface area contributed by atoms with Crippen molar-refractivity contribution in [1.82, 2.24) is 0 Å². The van der Waals surface area contributed by atoms with Crippen LogP contribution in [0.4, 0.5) is 0 Å². The van der Waals surface area contributed by atoms with Crippen LogP contribution in [0.2, 0.25) is 0 Å². The van der Waals surface area contributed by atoms with Gasteiger partial charge in [-0.2, -0.15) is 0 Å². The molecule has 6 heteroatoms. The summed E-state index contributed by atoms with van der Waals surface area (Å²) in [7, 11) is 0. The summed E-state index contributed by atoms with van der Waals surface area (Å²) in [5.74, 6) is 0. The molecule has 0 bridgehead atoms. The second-order valence-corrected chi connectivity index (χ2v) is 4.57. The van der Waals surface area contributed by atoms with E-state index in [1.807, 2.05) is 20.8 Å². The maximum absolute atomic E-state index is 5.37. The van der Waals surface area contributed by atoms with Crippen molar-refractivity contribution in [2.24, 2.45) is 0 Å². The van der Waals surface area contributed by atoms with Gasteiger partial charge in [0.2, 0.25) is 0 Å². The van der Waals surface area contributed by atoms with Gasteiger partial charge in [-0.25, -0.2) is 0 Å². The summed E-state index contributed by atoms with van der Waals surface area (Å²) in [6.07, 6.45) is 0.255. The minimum atomic E-state index is 0.255. The Morgan fingerprint density at radius 3 is 1.19 bits per heavy atom. The summed E-state index contributed by atoms with van der Waals surface area (Å²) in [4.78, 5) is 0. The van der Waals surface area contributed by atoms with Gasteiger partial charge in [-0.15, -0.1) is 0 Å². The molecule has 0 unspecified atom stereocenters. The highest BCUT2D eigenvalue weighted by molar-refractivity contribution is 4.38. The summed E-state index contributed by atoms with van der Waals surface area (Å²) in [5.41, 5.74) is 0. The van der Waals surface area contributed by atoms with E-state index >= 15 is 0 Å². The molecule has 0 aliphatic carbocycles. The summed E-state index contributed by atoms with van der Waals surface area (Å²) in [6, 6.07) is 0. The van der Waals surface area contributed by atoms with Crippen LogP contribution < -0.4 is 0 Å². The van der Waals surface area contributed by atoms with Gasteiger partial charge in [0.25, 0.3) is 0 Å². The molecule has 21 heavy (non-hydrogen) atoms. The van der Waals surface area contributed by atoms with Crippen molar-refractivity contribution < 1.29 is 28.4 Å². The third-order valence-corrected chi connectivity index (χ3v) is 2.37. The summed E-state index contributed by atoms with van der Waals surface area (Å²) in [5, 5.41) is 0. The molecule has 0 aliphatic heterocycles. The molecule has 0 saturated carbocycles. The molecule has 0 amide bonds. The molecule has 128 valence electrons. The Morgan fingerprint density at radius 2 is 0.857 bits per heavy atom. The summed E-state index contributed by atoms with van der Waals surface area (Å²) in [6.45, 7) is 12.7. The highest BCUT2D eigenvalue weighted by Crippen LogP contribution is 1.88. The van der Waals surface area contributed by atoms with Crippen molar-refractivity contribution >= 4 is 0 Å². The van der Waals surface area contributed by atoms with Crippen LogP contribution in [-0.4, -0.2) is 78.8 Å². The van der Waals surface area contributed by atoms with Crippen LogP contribution in [0.15, 0.2) is 0 Å². The highest BCUT2D eigenvalue weighted by Gasteiger charge is 1.94. The molecular formula is C15H32O6. The van der Waals surface area contributed by atoms with Gasteiger partial charge >= 0.3 is 0 Å². The quantitative estimate of drug-likeness (QED) is 0.380. The summed E-state index contributed by atoms with van der Waals surface area (Å²) >= 11 is 0. The largest absolute Gasteiger partial charge is 0.379 e. The van der Waals surface area contributed by atoms with Crippen LogP contribution in [0, 0.1) is 0 Å². The van der Waals surface area contributed by atoms with Gasteiger partial charge in [0.05, 0.1) is 72.2 Å². The number of hydrogen-bond donors (Lipinski definition) is 0. The van der Waals surface area contributed by atoms with Crippen molar-refractivity contribution in [3.05, 3.63) is 0 Å². The molecular weight excluding hydrogens is 276 g/mol. The van der Waals surface area contributed by atoms with Crippen LogP contribution in [-0.2, 0) is 28.4 Å². The van der Waals surface area contributed by atoms with Gasteiger partial charge in [0, 0.05) is 6.61 Å². The maximum atomic E-state index is 5.37. The van der Waals surface area contributed by atoms with Crippen LogP contribution in [0.1, 0.15) is 20.8 Å². The predicted octanol–water partition coefficient (Wildman–Crippen LogP) is 1.51. The zero-order valence-electron chi connectivity index (χ0n) is 13.8. The molecule has 0 N–H and O–H groups in total.